The van der Waals surface area contributed by atoms with Crippen LogP contribution in [0.2, 0.25) is 0 Å². The minimum Gasteiger partial charge on any atom is -0.377 e. The van der Waals surface area contributed by atoms with Gasteiger partial charge in [-0.05, 0) is 12.1 Å². The molecule has 0 aliphatic carbocycles. The molecule has 7 heteroatoms. The van der Waals surface area contributed by atoms with E-state index in [0.717, 1.165) is 0 Å². The van der Waals surface area contributed by atoms with Crippen LogP contribution in [0.4, 0.5) is 11.4 Å². The zero-order valence-corrected chi connectivity index (χ0v) is 13.6. The van der Waals surface area contributed by atoms with Gasteiger partial charge in [-0.1, -0.05) is 18.2 Å². The molecule has 0 aliphatic heterocycles. The van der Waals surface area contributed by atoms with E-state index in [4.69, 9.17) is 0 Å². The Balaban J connectivity index is 2.24. The van der Waals surface area contributed by atoms with Gasteiger partial charge in [0.1, 0.15) is 6.07 Å². The molecule has 3 rings (SSSR count). The predicted octanol–water partition coefficient (Wildman–Crippen LogP) is 3.18. The highest BCUT2D eigenvalue weighted by atomic mass is 16.6. The molecule has 2 aromatic carbocycles. The van der Waals surface area contributed by atoms with Crippen molar-refractivity contribution >= 4 is 28.2 Å². The summed E-state index contributed by atoms with van der Waals surface area (Å²) in [6.45, 7) is 0. The number of hydrogen-bond donors (Lipinski definition) is 0. The van der Waals surface area contributed by atoms with Gasteiger partial charge in [-0.25, -0.2) is 0 Å². The van der Waals surface area contributed by atoms with Gasteiger partial charge < -0.3 is 4.90 Å². The van der Waals surface area contributed by atoms with E-state index in [0.29, 0.717) is 22.2 Å². The third-order valence-electron chi connectivity index (χ3n) is 3.95. The number of fused-ring (bicyclic) bond motifs is 1. The Labute approximate surface area is 143 Å². The summed E-state index contributed by atoms with van der Waals surface area (Å²) in [7, 11) is 3.51. The lowest BCUT2D eigenvalue weighted by Crippen LogP contribution is -2.18. The number of carbonyl (C=O) groups is 1. The third-order valence-corrected chi connectivity index (χ3v) is 3.95. The van der Waals surface area contributed by atoms with E-state index in [1.54, 1.807) is 49.3 Å². The van der Waals surface area contributed by atoms with E-state index >= 15 is 0 Å². The highest BCUT2D eigenvalue weighted by Gasteiger charge is 2.21. The smallest absolute Gasteiger partial charge is 0.270 e. The maximum atomic E-state index is 13.1. The standard InChI is InChI=1S/C18H14N4O3/c1-20(2)16-8-7-13(22(24)25)9-15(16)18(23)21-11-12(10-19)14-5-3-4-6-17(14)21/h3-9,11H,1-2H3. The molecule has 0 saturated heterocycles. The Bertz CT molecular complexity index is 1040. The van der Waals surface area contributed by atoms with Crippen molar-refractivity contribution in [3.63, 3.8) is 0 Å². The summed E-state index contributed by atoms with van der Waals surface area (Å²) in [5.74, 6) is -0.426. The van der Waals surface area contributed by atoms with Gasteiger partial charge >= 0.3 is 0 Å². The monoisotopic (exact) mass is 334 g/mol. The highest BCUT2D eigenvalue weighted by Crippen LogP contribution is 2.28. The van der Waals surface area contributed by atoms with Crippen molar-refractivity contribution in [2.24, 2.45) is 0 Å². The number of nitriles is 1. The van der Waals surface area contributed by atoms with Crippen molar-refractivity contribution in [1.82, 2.24) is 4.57 Å². The Hall–Kier alpha value is -3.66. The molecule has 0 saturated carbocycles. The topological polar surface area (TPSA) is 92.2 Å². The molecule has 0 N–H and O–H groups in total. The molecule has 7 nitrogen and oxygen atoms in total. The van der Waals surface area contributed by atoms with E-state index in [1.165, 1.54) is 22.9 Å². The first-order valence-electron chi connectivity index (χ1n) is 7.44. The molecular weight excluding hydrogens is 320 g/mol. The van der Waals surface area contributed by atoms with Gasteiger partial charge in [-0.15, -0.1) is 0 Å². The number of benzene rings is 2. The fourth-order valence-electron chi connectivity index (χ4n) is 2.77. The van der Waals surface area contributed by atoms with Crippen LogP contribution in [0, 0.1) is 21.4 Å². The van der Waals surface area contributed by atoms with Crippen LogP contribution in [-0.4, -0.2) is 29.5 Å². The zero-order chi connectivity index (χ0) is 18.1. The number of para-hydroxylation sites is 1. The van der Waals surface area contributed by atoms with E-state index in [2.05, 4.69) is 6.07 Å². The Morgan fingerprint density at radius 2 is 1.96 bits per heavy atom. The zero-order valence-electron chi connectivity index (χ0n) is 13.6. The first kappa shape index (κ1) is 16.2. The van der Waals surface area contributed by atoms with Crippen molar-refractivity contribution in [2.45, 2.75) is 0 Å². The molecular formula is C18H14N4O3. The first-order valence-corrected chi connectivity index (χ1v) is 7.44. The lowest BCUT2D eigenvalue weighted by atomic mass is 10.1. The summed E-state index contributed by atoms with van der Waals surface area (Å²) in [5, 5.41) is 21.0. The highest BCUT2D eigenvalue weighted by molar-refractivity contribution is 6.07. The number of hydrogen-bond acceptors (Lipinski definition) is 5. The molecule has 0 amide bonds. The van der Waals surface area contributed by atoms with Gasteiger partial charge in [0, 0.05) is 43.5 Å². The van der Waals surface area contributed by atoms with Crippen molar-refractivity contribution in [3.8, 4) is 6.07 Å². The third kappa shape index (κ3) is 2.70. The average Bonchev–Trinajstić information content (AvgIpc) is 2.99. The maximum absolute atomic E-state index is 13.1. The van der Waals surface area contributed by atoms with Gasteiger partial charge in [0.2, 0.25) is 0 Å². The minimum absolute atomic E-state index is 0.161. The van der Waals surface area contributed by atoms with Crippen LogP contribution in [0.5, 0.6) is 0 Å². The summed E-state index contributed by atoms with van der Waals surface area (Å²) < 4.78 is 1.36. The molecule has 124 valence electrons. The lowest BCUT2D eigenvalue weighted by Gasteiger charge is -2.17. The fraction of sp³-hybridized carbons (Fsp3) is 0.111. The van der Waals surface area contributed by atoms with Crippen molar-refractivity contribution in [2.75, 3.05) is 19.0 Å². The molecule has 1 aromatic heterocycles. The van der Waals surface area contributed by atoms with Crippen molar-refractivity contribution in [1.29, 1.82) is 5.26 Å². The summed E-state index contributed by atoms with van der Waals surface area (Å²) in [6.07, 6.45) is 1.46. The average molecular weight is 334 g/mol. The first-order chi connectivity index (χ1) is 11.9. The predicted molar refractivity (Wildman–Crippen MR) is 93.8 cm³/mol. The molecule has 3 aromatic rings. The Kier molecular flexibility index (Phi) is 3.95. The largest absolute Gasteiger partial charge is 0.377 e. The number of carbonyl (C=O) groups excluding carboxylic acids is 1. The van der Waals surface area contributed by atoms with E-state index in [1.807, 2.05) is 0 Å². The van der Waals surface area contributed by atoms with Gasteiger partial charge in [0.15, 0.2) is 0 Å². The quantitative estimate of drug-likeness (QED) is 0.542. The van der Waals surface area contributed by atoms with Crippen LogP contribution < -0.4 is 4.90 Å². The number of nitro groups is 1. The van der Waals surface area contributed by atoms with Crippen LogP contribution in [0.3, 0.4) is 0 Å². The van der Waals surface area contributed by atoms with Crippen LogP contribution >= 0.6 is 0 Å². The summed E-state index contributed by atoms with van der Waals surface area (Å²) in [6, 6.07) is 13.3. The second-order valence-electron chi connectivity index (χ2n) is 5.70. The van der Waals surface area contributed by atoms with Crippen LogP contribution in [0.15, 0.2) is 48.7 Å². The molecule has 0 unspecified atom stereocenters. The number of nitro benzene ring substituents is 1. The Morgan fingerprint density at radius 3 is 2.60 bits per heavy atom. The minimum atomic E-state index is -0.537. The molecule has 25 heavy (non-hydrogen) atoms. The summed E-state index contributed by atoms with van der Waals surface area (Å²) >= 11 is 0. The number of anilines is 1. The van der Waals surface area contributed by atoms with Gasteiger partial charge in [0.25, 0.3) is 11.6 Å². The van der Waals surface area contributed by atoms with Gasteiger partial charge in [-0.3, -0.25) is 19.5 Å². The van der Waals surface area contributed by atoms with Crippen LogP contribution in [0.25, 0.3) is 10.9 Å². The van der Waals surface area contributed by atoms with Gasteiger partial charge in [-0.2, -0.15) is 5.26 Å². The maximum Gasteiger partial charge on any atom is 0.270 e. The van der Waals surface area contributed by atoms with E-state index in [9.17, 15) is 20.2 Å². The van der Waals surface area contributed by atoms with Crippen molar-refractivity contribution in [3.05, 3.63) is 69.9 Å². The summed E-state index contributed by atoms with van der Waals surface area (Å²) in [4.78, 5) is 25.4. The molecule has 0 bridgehead atoms. The normalized spacial score (nSPS) is 10.4. The second kappa shape index (κ2) is 6.09. The molecule has 0 atom stereocenters. The molecule has 0 fully saturated rings. The van der Waals surface area contributed by atoms with E-state index in [-0.39, 0.29) is 11.3 Å². The van der Waals surface area contributed by atoms with Gasteiger partial charge in [0.05, 0.1) is 21.6 Å². The SMILES string of the molecule is CN(C)c1ccc([N+](=O)[O-])cc1C(=O)n1cc(C#N)c2ccccc21. The van der Waals surface area contributed by atoms with Crippen LogP contribution in [0.1, 0.15) is 15.9 Å². The number of nitrogens with zero attached hydrogens (tertiary/aromatic N) is 4. The van der Waals surface area contributed by atoms with E-state index < -0.39 is 10.8 Å². The van der Waals surface area contributed by atoms with Crippen molar-refractivity contribution < 1.29 is 9.72 Å². The second-order valence-corrected chi connectivity index (χ2v) is 5.70. The lowest BCUT2D eigenvalue weighted by molar-refractivity contribution is -0.384. The Morgan fingerprint density at radius 1 is 1.24 bits per heavy atom. The number of aromatic nitrogens is 1. The summed E-state index contributed by atoms with van der Waals surface area (Å²) in [5.41, 5.74) is 1.56. The number of rotatable bonds is 3. The molecule has 0 spiro atoms. The number of non-ortho nitro benzene ring substituents is 1. The molecule has 0 radical (unpaired) electrons. The molecule has 1 heterocycles. The van der Waals surface area contributed by atoms with Crippen LogP contribution in [-0.2, 0) is 0 Å². The molecule has 0 aliphatic rings. The fourth-order valence-corrected chi connectivity index (χ4v) is 2.77.